The summed E-state index contributed by atoms with van der Waals surface area (Å²) in [5.41, 5.74) is 0.903. The highest BCUT2D eigenvalue weighted by molar-refractivity contribution is 5.97. The maximum absolute atomic E-state index is 13.4. The maximum Gasteiger partial charge on any atom is 0.263 e. The highest BCUT2D eigenvalue weighted by Crippen LogP contribution is 2.34. The molecule has 21 heavy (non-hydrogen) atoms. The predicted molar refractivity (Wildman–Crippen MR) is 71.6 cm³/mol. The number of hydrogen-bond donors (Lipinski definition) is 1. The van der Waals surface area contributed by atoms with Crippen LogP contribution in [-0.2, 0) is 0 Å². The van der Waals surface area contributed by atoms with Gasteiger partial charge in [0, 0.05) is 17.7 Å². The van der Waals surface area contributed by atoms with Crippen molar-refractivity contribution < 1.29 is 13.3 Å². The molecule has 2 heterocycles. The van der Waals surface area contributed by atoms with Crippen molar-refractivity contribution in [3.8, 4) is 11.3 Å². The molecule has 4 rings (SSSR count). The van der Waals surface area contributed by atoms with E-state index in [0.717, 1.165) is 18.9 Å². The van der Waals surface area contributed by atoms with Gasteiger partial charge >= 0.3 is 0 Å². The van der Waals surface area contributed by atoms with Crippen molar-refractivity contribution in [3.05, 3.63) is 36.2 Å². The van der Waals surface area contributed by atoms with Crippen LogP contribution in [0.25, 0.3) is 22.4 Å². The lowest BCUT2D eigenvalue weighted by atomic mass is 10.1. The molecule has 1 aliphatic rings. The molecule has 1 fully saturated rings. The Balaban J connectivity index is 1.91. The van der Waals surface area contributed by atoms with E-state index < -0.39 is 11.6 Å². The summed E-state index contributed by atoms with van der Waals surface area (Å²) in [6.07, 6.45) is 3.51. The van der Waals surface area contributed by atoms with Gasteiger partial charge in [-0.15, -0.1) is 0 Å². The molecule has 0 bridgehead atoms. The number of hydrogen-bond acceptors (Lipinski definition) is 5. The van der Waals surface area contributed by atoms with Crippen LogP contribution in [0.15, 0.2) is 29.0 Å². The van der Waals surface area contributed by atoms with Crippen LogP contribution < -0.4 is 5.32 Å². The van der Waals surface area contributed by atoms with Gasteiger partial charge in [-0.2, -0.15) is 4.98 Å². The molecule has 0 radical (unpaired) electrons. The first-order chi connectivity index (χ1) is 10.2. The summed E-state index contributed by atoms with van der Waals surface area (Å²) in [5, 5.41) is 7.67. The molecular formula is C14H10F2N4O. The Labute approximate surface area is 118 Å². The highest BCUT2D eigenvalue weighted by Gasteiger charge is 2.25. The molecule has 2 aromatic heterocycles. The first-order valence-corrected chi connectivity index (χ1v) is 6.54. The van der Waals surface area contributed by atoms with Crippen LogP contribution in [0.2, 0.25) is 0 Å². The molecule has 0 atom stereocenters. The van der Waals surface area contributed by atoms with Crippen molar-refractivity contribution in [2.24, 2.45) is 0 Å². The van der Waals surface area contributed by atoms with Gasteiger partial charge in [0.25, 0.3) is 5.71 Å². The van der Waals surface area contributed by atoms with E-state index in [-0.39, 0.29) is 5.71 Å². The molecule has 0 saturated heterocycles. The molecule has 1 aromatic carbocycles. The predicted octanol–water partition coefficient (Wildman–Crippen LogP) is 3.14. The maximum atomic E-state index is 13.4. The van der Waals surface area contributed by atoms with E-state index in [9.17, 15) is 8.78 Å². The Bertz CT molecular complexity index is 809. The van der Waals surface area contributed by atoms with E-state index in [2.05, 4.69) is 20.4 Å². The number of rotatable bonds is 3. The molecule has 0 spiro atoms. The van der Waals surface area contributed by atoms with Gasteiger partial charge in [-0.1, -0.05) is 5.16 Å². The summed E-state index contributed by atoms with van der Waals surface area (Å²) >= 11 is 0. The van der Waals surface area contributed by atoms with E-state index >= 15 is 0 Å². The minimum absolute atomic E-state index is 0.285. The van der Waals surface area contributed by atoms with Gasteiger partial charge in [0.1, 0.15) is 34.9 Å². The fraction of sp³-hybridized carbons (Fsp3) is 0.214. The molecule has 1 saturated carbocycles. The third-order valence-electron chi connectivity index (χ3n) is 3.33. The normalized spacial score (nSPS) is 14.6. The second kappa shape index (κ2) is 4.47. The highest BCUT2D eigenvalue weighted by atomic mass is 19.1. The largest absolute Gasteiger partial charge is 0.367 e. The lowest BCUT2D eigenvalue weighted by Gasteiger charge is -2.05. The lowest BCUT2D eigenvalue weighted by Crippen LogP contribution is -2.03. The first kappa shape index (κ1) is 12.2. The second-order valence-electron chi connectivity index (χ2n) is 5.01. The Morgan fingerprint density at radius 3 is 2.57 bits per heavy atom. The van der Waals surface area contributed by atoms with Crippen LogP contribution in [0.4, 0.5) is 14.6 Å². The van der Waals surface area contributed by atoms with Gasteiger partial charge in [0.2, 0.25) is 0 Å². The monoisotopic (exact) mass is 288 g/mol. The Hall–Kier alpha value is -2.57. The Kier molecular flexibility index (Phi) is 2.60. The summed E-state index contributed by atoms with van der Waals surface area (Å²) in [5.74, 6) is -0.771. The molecule has 5 nitrogen and oxygen atoms in total. The second-order valence-corrected chi connectivity index (χ2v) is 5.01. The van der Waals surface area contributed by atoms with Crippen molar-refractivity contribution >= 4 is 16.9 Å². The minimum atomic E-state index is -0.672. The van der Waals surface area contributed by atoms with E-state index in [1.165, 1.54) is 18.5 Å². The third kappa shape index (κ3) is 2.20. The van der Waals surface area contributed by atoms with Gasteiger partial charge in [-0.25, -0.2) is 13.8 Å². The summed E-state index contributed by atoms with van der Waals surface area (Å²) in [6.45, 7) is 0. The van der Waals surface area contributed by atoms with Gasteiger partial charge in [-0.05, 0) is 25.0 Å². The average molecular weight is 288 g/mol. The van der Waals surface area contributed by atoms with Crippen molar-refractivity contribution in [3.63, 3.8) is 0 Å². The molecule has 106 valence electrons. The zero-order valence-corrected chi connectivity index (χ0v) is 10.8. The van der Waals surface area contributed by atoms with Crippen molar-refractivity contribution in [1.82, 2.24) is 15.1 Å². The zero-order chi connectivity index (χ0) is 14.4. The molecule has 0 amide bonds. The fourth-order valence-corrected chi connectivity index (χ4v) is 2.20. The van der Waals surface area contributed by atoms with Crippen LogP contribution in [0.1, 0.15) is 12.8 Å². The summed E-state index contributed by atoms with van der Waals surface area (Å²) in [6, 6.07) is 3.59. The number of halogens is 2. The smallest absolute Gasteiger partial charge is 0.263 e. The Morgan fingerprint density at radius 1 is 1.10 bits per heavy atom. The summed E-state index contributed by atoms with van der Waals surface area (Å²) < 4.78 is 31.9. The molecular weight excluding hydrogens is 278 g/mol. The minimum Gasteiger partial charge on any atom is -0.367 e. The number of nitrogens with one attached hydrogen (secondary N) is 1. The standard InChI is InChI=1S/C14H10F2N4O/c15-8-3-7(4-9(16)5-8)12-11-13(19-10-1-2-10)17-6-18-14(11)21-20-12/h3-6,10H,1-2H2,(H,17,18,19). The molecule has 3 aromatic rings. The van der Waals surface area contributed by atoms with Crippen LogP contribution in [0, 0.1) is 11.6 Å². The number of benzene rings is 1. The average Bonchev–Trinajstić information content (AvgIpc) is 3.14. The molecule has 0 unspecified atom stereocenters. The molecule has 0 aliphatic heterocycles. The SMILES string of the molecule is Fc1cc(F)cc(-c2noc3ncnc(NC4CC4)c23)c1. The zero-order valence-electron chi connectivity index (χ0n) is 10.8. The Morgan fingerprint density at radius 2 is 1.86 bits per heavy atom. The summed E-state index contributed by atoms with van der Waals surface area (Å²) in [4.78, 5) is 8.17. The van der Waals surface area contributed by atoms with Crippen LogP contribution in [0.5, 0.6) is 0 Å². The number of anilines is 1. The molecule has 1 N–H and O–H groups in total. The van der Waals surface area contributed by atoms with Crippen LogP contribution in [0.3, 0.4) is 0 Å². The van der Waals surface area contributed by atoms with Crippen molar-refractivity contribution in [1.29, 1.82) is 0 Å². The fourth-order valence-electron chi connectivity index (χ4n) is 2.20. The molecule has 7 heteroatoms. The van der Waals surface area contributed by atoms with Crippen molar-refractivity contribution in [2.75, 3.05) is 5.32 Å². The quantitative estimate of drug-likeness (QED) is 0.802. The van der Waals surface area contributed by atoms with Gasteiger partial charge in [-0.3, -0.25) is 0 Å². The van der Waals surface area contributed by atoms with Crippen LogP contribution >= 0.6 is 0 Å². The van der Waals surface area contributed by atoms with Gasteiger partial charge < -0.3 is 9.84 Å². The van der Waals surface area contributed by atoms with Crippen LogP contribution in [-0.4, -0.2) is 21.2 Å². The summed E-state index contributed by atoms with van der Waals surface area (Å²) in [7, 11) is 0. The molecule has 1 aliphatic carbocycles. The van der Waals surface area contributed by atoms with E-state index in [1.807, 2.05) is 0 Å². The number of fused-ring (bicyclic) bond motifs is 1. The topological polar surface area (TPSA) is 63.8 Å². The number of aromatic nitrogens is 3. The number of nitrogens with zero attached hydrogens (tertiary/aromatic N) is 3. The van der Waals surface area contributed by atoms with E-state index in [1.54, 1.807) is 0 Å². The van der Waals surface area contributed by atoms with Gasteiger partial charge in [0.15, 0.2) is 0 Å². The van der Waals surface area contributed by atoms with Gasteiger partial charge in [0.05, 0.1) is 0 Å². The van der Waals surface area contributed by atoms with E-state index in [4.69, 9.17) is 4.52 Å². The third-order valence-corrected chi connectivity index (χ3v) is 3.33. The lowest BCUT2D eigenvalue weighted by molar-refractivity contribution is 0.451. The van der Waals surface area contributed by atoms with Crippen molar-refractivity contribution in [2.45, 2.75) is 18.9 Å². The van der Waals surface area contributed by atoms with E-state index in [0.29, 0.717) is 28.5 Å². The first-order valence-electron chi connectivity index (χ1n) is 6.54.